The molecule has 0 aromatic rings. The summed E-state index contributed by atoms with van der Waals surface area (Å²) in [7, 11) is 0. The molecule has 0 aliphatic heterocycles. The molecule has 2 heteroatoms. The molecule has 0 saturated carbocycles. The van der Waals surface area contributed by atoms with Crippen LogP contribution < -0.4 is 0 Å². The monoisotopic (exact) mass is 256 g/mol. The molecule has 0 atom stereocenters. The van der Waals surface area contributed by atoms with Crippen molar-refractivity contribution in [2.45, 2.75) is 77.6 Å². The zero-order chi connectivity index (χ0) is 13.5. The van der Waals surface area contributed by atoms with Gasteiger partial charge in [-0.1, -0.05) is 64.9 Å². The molecule has 0 radical (unpaired) electrons. The minimum absolute atomic E-state index is 0.265. The Kier molecular flexibility index (Phi) is 14.2. The van der Waals surface area contributed by atoms with E-state index in [0.717, 1.165) is 19.6 Å². The van der Waals surface area contributed by atoms with E-state index in [0.29, 0.717) is 6.42 Å². The lowest BCUT2D eigenvalue weighted by atomic mass is 10.1. The molecule has 0 rings (SSSR count). The van der Waals surface area contributed by atoms with Crippen molar-refractivity contribution < 1.29 is 9.84 Å². The summed E-state index contributed by atoms with van der Waals surface area (Å²) in [6.45, 7) is 7.33. The summed E-state index contributed by atoms with van der Waals surface area (Å²) in [4.78, 5) is 0. The first-order valence-electron chi connectivity index (χ1n) is 7.72. The lowest BCUT2D eigenvalue weighted by Crippen LogP contribution is -1.97. The van der Waals surface area contributed by atoms with Crippen LogP contribution in [0.3, 0.4) is 0 Å². The SMILES string of the molecule is C=C(O)CCCOCCCCCCCCCCC. The van der Waals surface area contributed by atoms with Gasteiger partial charge in [-0.3, -0.25) is 0 Å². The predicted octanol–water partition coefficient (Wildman–Crippen LogP) is 5.39. The maximum Gasteiger partial charge on any atom is 0.0851 e. The van der Waals surface area contributed by atoms with Crippen molar-refractivity contribution >= 4 is 0 Å². The molecule has 0 saturated heterocycles. The van der Waals surface area contributed by atoms with Crippen molar-refractivity contribution in [1.29, 1.82) is 0 Å². The second-order valence-electron chi connectivity index (χ2n) is 5.11. The molecule has 0 bridgehead atoms. The quantitative estimate of drug-likeness (QED) is 0.334. The third-order valence-corrected chi connectivity index (χ3v) is 3.15. The van der Waals surface area contributed by atoms with Crippen molar-refractivity contribution in [3.63, 3.8) is 0 Å². The van der Waals surface area contributed by atoms with E-state index in [9.17, 15) is 0 Å². The first-order chi connectivity index (χ1) is 8.77. The Morgan fingerprint density at radius 3 is 1.89 bits per heavy atom. The fourth-order valence-corrected chi connectivity index (χ4v) is 2.00. The predicted molar refractivity (Wildman–Crippen MR) is 79.0 cm³/mol. The van der Waals surface area contributed by atoms with E-state index in [4.69, 9.17) is 9.84 Å². The summed E-state index contributed by atoms with van der Waals surface area (Å²) >= 11 is 0. The van der Waals surface area contributed by atoms with E-state index in [1.165, 1.54) is 57.8 Å². The summed E-state index contributed by atoms with van der Waals surface area (Å²) in [6, 6.07) is 0. The standard InChI is InChI=1S/C16H32O2/c1-3-4-5-6-7-8-9-10-11-14-18-15-12-13-16(2)17/h17H,2-15H2,1H3. The Labute approximate surface area is 113 Å². The Hall–Kier alpha value is -0.500. The first-order valence-corrected chi connectivity index (χ1v) is 7.72. The van der Waals surface area contributed by atoms with Gasteiger partial charge in [-0.15, -0.1) is 0 Å². The van der Waals surface area contributed by atoms with Gasteiger partial charge in [-0.05, 0) is 12.8 Å². The van der Waals surface area contributed by atoms with Crippen LogP contribution in [0.15, 0.2) is 12.3 Å². The third kappa shape index (κ3) is 15.5. The second kappa shape index (κ2) is 14.6. The van der Waals surface area contributed by atoms with Crippen LogP contribution in [0.5, 0.6) is 0 Å². The molecule has 0 unspecified atom stereocenters. The smallest absolute Gasteiger partial charge is 0.0851 e. The van der Waals surface area contributed by atoms with Crippen LogP contribution in [0.4, 0.5) is 0 Å². The van der Waals surface area contributed by atoms with Crippen LogP contribution in [0.25, 0.3) is 0 Å². The average Bonchev–Trinajstić information content (AvgIpc) is 2.34. The maximum atomic E-state index is 8.88. The molecule has 0 aliphatic carbocycles. The molecule has 0 aliphatic rings. The molecule has 0 aromatic carbocycles. The zero-order valence-corrected chi connectivity index (χ0v) is 12.3. The van der Waals surface area contributed by atoms with Crippen molar-refractivity contribution in [1.82, 2.24) is 0 Å². The Morgan fingerprint density at radius 1 is 0.833 bits per heavy atom. The van der Waals surface area contributed by atoms with Crippen molar-refractivity contribution in [2.24, 2.45) is 0 Å². The van der Waals surface area contributed by atoms with Gasteiger partial charge in [0.1, 0.15) is 0 Å². The summed E-state index contributed by atoms with van der Waals surface area (Å²) in [5, 5.41) is 8.88. The third-order valence-electron chi connectivity index (χ3n) is 3.15. The normalized spacial score (nSPS) is 10.7. The number of aliphatic hydroxyl groups is 1. The summed E-state index contributed by atoms with van der Waals surface area (Å²) in [6.07, 6.45) is 13.7. The Balaban J connectivity index is 2.92. The van der Waals surface area contributed by atoms with Gasteiger partial charge in [0, 0.05) is 19.6 Å². The van der Waals surface area contributed by atoms with E-state index in [1.807, 2.05) is 0 Å². The van der Waals surface area contributed by atoms with Crippen LogP contribution in [-0.4, -0.2) is 18.3 Å². The second-order valence-corrected chi connectivity index (χ2v) is 5.11. The summed E-state index contributed by atoms with van der Waals surface area (Å²) < 4.78 is 5.49. The molecular weight excluding hydrogens is 224 g/mol. The molecule has 18 heavy (non-hydrogen) atoms. The largest absolute Gasteiger partial charge is 0.513 e. The van der Waals surface area contributed by atoms with Gasteiger partial charge in [0.25, 0.3) is 0 Å². The number of ether oxygens (including phenoxy) is 1. The van der Waals surface area contributed by atoms with Gasteiger partial charge in [0.05, 0.1) is 5.76 Å². The van der Waals surface area contributed by atoms with Gasteiger partial charge >= 0.3 is 0 Å². The highest BCUT2D eigenvalue weighted by Crippen LogP contribution is 2.09. The van der Waals surface area contributed by atoms with Crippen molar-refractivity contribution in [3.05, 3.63) is 12.3 Å². The summed E-state index contributed by atoms with van der Waals surface area (Å²) in [5.74, 6) is 0.265. The minimum atomic E-state index is 0.265. The van der Waals surface area contributed by atoms with Crippen LogP contribution >= 0.6 is 0 Å². The number of allylic oxidation sites excluding steroid dienone is 1. The van der Waals surface area contributed by atoms with Crippen LogP contribution in [0.1, 0.15) is 77.6 Å². The number of hydrogen-bond acceptors (Lipinski definition) is 2. The number of aliphatic hydroxyl groups excluding tert-OH is 1. The van der Waals surface area contributed by atoms with E-state index < -0.39 is 0 Å². The highest BCUT2D eigenvalue weighted by molar-refractivity contribution is 4.77. The van der Waals surface area contributed by atoms with Gasteiger partial charge < -0.3 is 9.84 Å². The zero-order valence-electron chi connectivity index (χ0n) is 12.3. The molecule has 0 aromatic heterocycles. The topological polar surface area (TPSA) is 29.5 Å². The van der Waals surface area contributed by atoms with Crippen LogP contribution in [0, 0.1) is 0 Å². The number of rotatable bonds is 14. The van der Waals surface area contributed by atoms with E-state index in [-0.39, 0.29) is 5.76 Å². The molecule has 1 N–H and O–H groups in total. The minimum Gasteiger partial charge on any atom is -0.513 e. The molecule has 0 fully saturated rings. The first kappa shape index (κ1) is 17.5. The van der Waals surface area contributed by atoms with Gasteiger partial charge in [0.2, 0.25) is 0 Å². The van der Waals surface area contributed by atoms with Gasteiger partial charge in [-0.25, -0.2) is 0 Å². The van der Waals surface area contributed by atoms with Gasteiger partial charge in [-0.2, -0.15) is 0 Å². The van der Waals surface area contributed by atoms with Crippen molar-refractivity contribution in [3.8, 4) is 0 Å². The van der Waals surface area contributed by atoms with E-state index >= 15 is 0 Å². The molecule has 108 valence electrons. The average molecular weight is 256 g/mol. The fourth-order valence-electron chi connectivity index (χ4n) is 2.00. The Morgan fingerprint density at radius 2 is 1.33 bits per heavy atom. The van der Waals surface area contributed by atoms with E-state index in [2.05, 4.69) is 13.5 Å². The molecule has 2 nitrogen and oxygen atoms in total. The summed E-state index contributed by atoms with van der Waals surface area (Å²) in [5.41, 5.74) is 0. The van der Waals surface area contributed by atoms with Crippen LogP contribution in [-0.2, 0) is 4.74 Å². The number of hydrogen-bond donors (Lipinski definition) is 1. The maximum absolute atomic E-state index is 8.88. The Bertz CT molecular complexity index is 178. The van der Waals surface area contributed by atoms with Crippen LogP contribution in [0.2, 0.25) is 0 Å². The lowest BCUT2D eigenvalue weighted by Gasteiger charge is -2.04. The van der Waals surface area contributed by atoms with Crippen molar-refractivity contribution in [2.75, 3.05) is 13.2 Å². The fraction of sp³-hybridized carbons (Fsp3) is 0.875. The van der Waals surface area contributed by atoms with E-state index in [1.54, 1.807) is 0 Å². The van der Waals surface area contributed by atoms with Gasteiger partial charge in [0.15, 0.2) is 0 Å². The molecule has 0 heterocycles. The number of unbranched alkanes of at least 4 members (excludes halogenated alkanes) is 8. The lowest BCUT2D eigenvalue weighted by molar-refractivity contribution is 0.125. The highest BCUT2D eigenvalue weighted by Gasteiger charge is 1.94. The molecular formula is C16H32O2. The molecule has 0 amide bonds. The highest BCUT2D eigenvalue weighted by atomic mass is 16.5. The molecule has 0 spiro atoms.